The summed E-state index contributed by atoms with van der Waals surface area (Å²) < 4.78 is 0. The van der Waals surface area contributed by atoms with Gasteiger partial charge in [-0.25, -0.2) is 4.79 Å². The second-order valence-corrected chi connectivity index (χ2v) is 15.4. The van der Waals surface area contributed by atoms with Crippen LogP contribution in [0.3, 0.4) is 0 Å². The SMILES string of the molecule is NCCCC[C@H](N)C(=O)N[C@@H](Cc1ccc(O)cc1)C(=O)NCC(=O)N1CCC[C@H]1C(=O)N1CCC[C@H]1C(=O)N[C@@H](CS)C(=O)N1CCC[C@H]1C(=O)N[C@@H](CO)C(=O)O. The molecule has 3 heterocycles. The summed E-state index contributed by atoms with van der Waals surface area (Å²) in [5, 5.41) is 38.4. The molecular formula is C38H57N9O11S. The molecular weight excluding hydrogens is 791 g/mol. The normalized spacial score (nSPS) is 20.9. The molecule has 3 saturated heterocycles. The van der Waals surface area contributed by atoms with Crippen LogP contribution in [-0.4, -0.2) is 165 Å². The second kappa shape index (κ2) is 22.4. The highest BCUT2D eigenvalue weighted by atomic mass is 32.1. The Morgan fingerprint density at radius 2 is 1.34 bits per heavy atom. The van der Waals surface area contributed by atoms with Crippen LogP contribution < -0.4 is 32.7 Å². The number of phenolic OH excluding ortho intramolecular Hbond substituents is 1. The van der Waals surface area contributed by atoms with Crippen LogP contribution in [0, 0.1) is 0 Å². The predicted octanol–water partition coefficient (Wildman–Crippen LogP) is -3.06. The van der Waals surface area contributed by atoms with Crippen LogP contribution in [0.15, 0.2) is 24.3 Å². The molecule has 0 radical (unpaired) electrons. The Balaban J connectivity index is 1.37. The number of aromatic hydroxyl groups is 1. The van der Waals surface area contributed by atoms with E-state index in [1.54, 1.807) is 12.1 Å². The molecule has 3 aliphatic rings. The first-order valence-corrected chi connectivity index (χ1v) is 20.6. The Kier molecular flexibility index (Phi) is 17.7. The molecule has 0 saturated carbocycles. The van der Waals surface area contributed by atoms with Crippen LogP contribution in [0.1, 0.15) is 63.4 Å². The molecule has 0 bridgehead atoms. The lowest BCUT2D eigenvalue weighted by Gasteiger charge is -2.32. The summed E-state index contributed by atoms with van der Waals surface area (Å²) in [6, 6.07) is -1.53. The first kappa shape index (κ1) is 46.7. The number of aliphatic hydroxyl groups excluding tert-OH is 1. The fourth-order valence-electron chi connectivity index (χ4n) is 7.61. The maximum absolute atomic E-state index is 14.0. The van der Waals surface area contributed by atoms with Crippen molar-refractivity contribution in [2.45, 2.75) is 107 Å². The Hall–Kier alpha value is -4.99. The second-order valence-electron chi connectivity index (χ2n) is 15.0. The molecule has 1 aromatic carbocycles. The first-order chi connectivity index (χ1) is 28.2. The molecule has 21 heteroatoms. The zero-order valence-corrected chi connectivity index (χ0v) is 33.8. The number of carboxylic acid groups (broad SMARTS) is 1. The van der Waals surface area contributed by atoms with E-state index in [-0.39, 0.29) is 44.0 Å². The van der Waals surface area contributed by atoms with E-state index in [1.165, 1.54) is 26.8 Å². The van der Waals surface area contributed by atoms with Gasteiger partial charge in [-0.2, -0.15) is 12.6 Å². The number of rotatable bonds is 20. The highest BCUT2D eigenvalue weighted by Gasteiger charge is 2.44. The molecule has 0 spiro atoms. The Morgan fingerprint density at radius 1 is 0.763 bits per heavy atom. The van der Waals surface area contributed by atoms with E-state index in [1.807, 2.05) is 0 Å². The highest BCUT2D eigenvalue weighted by Crippen LogP contribution is 2.26. The monoisotopic (exact) mass is 847 g/mol. The minimum atomic E-state index is -1.55. The Morgan fingerprint density at radius 3 is 1.93 bits per heavy atom. The summed E-state index contributed by atoms with van der Waals surface area (Å²) in [4.78, 5) is 109. The third-order valence-corrected chi connectivity index (χ3v) is 11.2. The topological polar surface area (TPSA) is 307 Å². The van der Waals surface area contributed by atoms with E-state index in [9.17, 15) is 53.7 Å². The maximum Gasteiger partial charge on any atom is 0.328 e. The molecule has 7 amide bonds. The zero-order valence-electron chi connectivity index (χ0n) is 32.9. The molecule has 11 N–H and O–H groups in total. The van der Waals surface area contributed by atoms with Crippen LogP contribution in [0.25, 0.3) is 0 Å². The highest BCUT2D eigenvalue weighted by molar-refractivity contribution is 7.80. The van der Waals surface area contributed by atoms with Crippen molar-refractivity contribution in [2.24, 2.45) is 11.5 Å². The van der Waals surface area contributed by atoms with Gasteiger partial charge in [0.25, 0.3) is 0 Å². The van der Waals surface area contributed by atoms with Gasteiger partial charge in [0.1, 0.15) is 42.0 Å². The van der Waals surface area contributed by atoms with Crippen molar-refractivity contribution in [2.75, 3.05) is 45.1 Å². The van der Waals surface area contributed by atoms with Crippen LogP contribution in [0.5, 0.6) is 5.75 Å². The molecule has 4 rings (SSSR count). The zero-order chi connectivity index (χ0) is 43.2. The van der Waals surface area contributed by atoms with Gasteiger partial charge < -0.3 is 62.8 Å². The summed E-state index contributed by atoms with van der Waals surface area (Å²) in [6.45, 7) is -0.243. The molecule has 326 valence electrons. The van der Waals surface area contributed by atoms with E-state index >= 15 is 0 Å². The van der Waals surface area contributed by atoms with E-state index in [2.05, 4.69) is 33.9 Å². The number of nitrogens with two attached hydrogens (primary N) is 2. The average molecular weight is 848 g/mol. The number of carbonyl (C=O) groups excluding carboxylic acids is 7. The van der Waals surface area contributed by atoms with E-state index in [4.69, 9.17) is 11.5 Å². The van der Waals surface area contributed by atoms with Gasteiger partial charge in [-0.15, -0.1) is 0 Å². The number of likely N-dealkylation sites (tertiary alicyclic amines) is 3. The van der Waals surface area contributed by atoms with Gasteiger partial charge in [-0.05, 0) is 75.6 Å². The molecule has 3 aliphatic heterocycles. The fourth-order valence-corrected chi connectivity index (χ4v) is 7.86. The molecule has 0 aliphatic carbocycles. The van der Waals surface area contributed by atoms with Crippen molar-refractivity contribution in [3.05, 3.63) is 29.8 Å². The number of carboxylic acids is 1. The number of unbranched alkanes of at least 4 members (excludes halogenated alkanes) is 1. The number of benzene rings is 1. The summed E-state index contributed by atoms with van der Waals surface area (Å²) in [5.74, 6) is -5.73. The average Bonchev–Trinajstić information content (AvgIpc) is 4.03. The van der Waals surface area contributed by atoms with Crippen molar-refractivity contribution in [1.82, 2.24) is 36.0 Å². The number of hydrogen-bond acceptors (Lipinski definition) is 13. The van der Waals surface area contributed by atoms with Crippen molar-refractivity contribution >= 4 is 59.9 Å². The number of nitrogens with one attached hydrogen (secondary N) is 4. The number of hydrogen-bond donors (Lipinski definition) is 10. The minimum Gasteiger partial charge on any atom is -0.508 e. The maximum atomic E-state index is 14.0. The number of amides is 7. The number of nitrogens with zero attached hydrogens (tertiary/aromatic N) is 3. The van der Waals surface area contributed by atoms with Crippen molar-refractivity contribution in [3.63, 3.8) is 0 Å². The van der Waals surface area contributed by atoms with E-state index in [0.717, 1.165) is 0 Å². The number of thiol groups is 1. The smallest absolute Gasteiger partial charge is 0.328 e. The third-order valence-electron chi connectivity index (χ3n) is 10.9. The van der Waals surface area contributed by atoms with Gasteiger partial charge in [0.15, 0.2) is 0 Å². The van der Waals surface area contributed by atoms with Crippen LogP contribution in [0.2, 0.25) is 0 Å². The molecule has 1 aromatic rings. The number of aliphatic hydroxyl groups is 1. The van der Waals surface area contributed by atoms with Gasteiger partial charge in [0.2, 0.25) is 41.4 Å². The van der Waals surface area contributed by atoms with Crippen LogP contribution >= 0.6 is 12.6 Å². The van der Waals surface area contributed by atoms with Crippen molar-refractivity contribution < 1.29 is 53.7 Å². The quantitative estimate of drug-likeness (QED) is 0.0461. The number of aliphatic carboxylic acids is 1. The van der Waals surface area contributed by atoms with E-state index < -0.39 is 103 Å². The van der Waals surface area contributed by atoms with Crippen molar-refractivity contribution in [3.8, 4) is 5.75 Å². The summed E-state index contributed by atoms with van der Waals surface area (Å²) in [5.41, 5.74) is 12.2. The van der Waals surface area contributed by atoms with Crippen LogP contribution in [-0.2, 0) is 44.8 Å². The van der Waals surface area contributed by atoms with Gasteiger partial charge in [0, 0.05) is 31.8 Å². The standard InChI is InChI=1S/C38H57N9O11S/c39-14-2-1-6-24(40)32(51)42-25(18-22-10-12-23(49)13-11-22)33(52)41-19-31(50)45-15-5-9-30(45)37(56)47-17-4-8-29(47)35(54)44-27(21-59)36(55)46-16-3-7-28(46)34(53)43-26(20-48)38(57)58/h10-13,24-30,48-49,59H,1-9,14-21,39-40H2,(H,41,52)(H,42,51)(H,43,53)(H,44,54)(H,57,58)/t24-,25-,26-,27-,28-,29-,30-/m0/s1. The lowest BCUT2D eigenvalue weighted by Crippen LogP contribution is -2.59. The van der Waals surface area contributed by atoms with E-state index in [0.29, 0.717) is 63.5 Å². The summed E-state index contributed by atoms with van der Waals surface area (Å²) in [7, 11) is 0. The lowest BCUT2D eigenvalue weighted by molar-refractivity contribution is -0.147. The predicted molar refractivity (Wildman–Crippen MR) is 214 cm³/mol. The molecule has 0 aromatic heterocycles. The largest absolute Gasteiger partial charge is 0.508 e. The fraction of sp³-hybridized carbons (Fsp3) is 0.632. The Labute approximate surface area is 347 Å². The van der Waals surface area contributed by atoms with Crippen molar-refractivity contribution in [1.29, 1.82) is 0 Å². The lowest BCUT2D eigenvalue weighted by atomic mass is 10.0. The molecule has 59 heavy (non-hydrogen) atoms. The third kappa shape index (κ3) is 12.5. The molecule has 7 atom stereocenters. The van der Waals surface area contributed by atoms with Gasteiger partial charge in [-0.3, -0.25) is 33.6 Å². The molecule has 0 unspecified atom stereocenters. The first-order valence-electron chi connectivity index (χ1n) is 20.0. The van der Waals surface area contributed by atoms with Gasteiger partial charge in [0.05, 0.1) is 19.2 Å². The minimum absolute atomic E-state index is 0.0211. The van der Waals surface area contributed by atoms with Gasteiger partial charge >= 0.3 is 5.97 Å². The molecule has 20 nitrogen and oxygen atoms in total. The molecule has 3 fully saturated rings. The van der Waals surface area contributed by atoms with Gasteiger partial charge in [-0.1, -0.05) is 18.6 Å². The summed E-state index contributed by atoms with van der Waals surface area (Å²) in [6.07, 6.45) is 3.97. The summed E-state index contributed by atoms with van der Waals surface area (Å²) >= 11 is 4.26. The van der Waals surface area contributed by atoms with Crippen LogP contribution in [0.4, 0.5) is 0 Å². The number of phenols is 1. The number of carbonyl (C=O) groups is 8. The Bertz CT molecular complexity index is 1690.